The van der Waals surface area contributed by atoms with Crippen LogP contribution in [0.2, 0.25) is 5.02 Å². The molecule has 0 unspecified atom stereocenters. The molecule has 1 fully saturated rings. The molecule has 0 saturated carbocycles. The normalized spacial score (nSPS) is 16.1. The number of nitrogens with zero attached hydrogens (tertiary/aromatic N) is 2. The van der Waals surface area contributed by atoms with Gasteiger partial charge in [0, 0.05) is 13.1 Å². The van der Waals surface area contributed by atoms with Crippen LogP contribution < -0.4 is 14.4 Å². The number of halogens is 1. The molecule has 2 aliphatic rings. The van der Waals surface area contributed by atoms with Crippen LogP contribution in [-0.4, -0.2) is 43.1 Å². The van der Waals surface area contributed by atoms with Crippen molar-refractivity contribution in [3.05, 3.63) is 53.1 Å². The van der Waals surface area contributed by atoms with E-state index in [4.69, 9.17) is 21.1 Å². The van der Waals surface area contributed by atoms with Crippen LogP contribution in [0.15, 0.2) is 42.5 Å². The van der Waals surface area contributed by atoms with Gasteiger partial charge in [0.2, 0.25) is 18.6 Å². The first-order valence-corrected chi connectivity index (χ1v) is 8.71. The van der Waals surface area contributed by atoms with Crippen molar-refractivity contribution in [2.75, 3.05) is 31.3 Å². The summed E-state index contributed by atoms with van der Waals surface area (Å²) in [5.41, 5.74) is 1.52. The number of benzene rings is 2. The standard InChI is InChI=1S/C19H17ClN2O4/c20-14-3-1-2-4-15(14)22-8-7-21(11-19(22)24)18(23)10-13-5-6-16-17(9-13)26-12-25-16/h1-6,9H,7-8,10-12H2. The summed E-state index contributed by atoms with van der Waals surface area (Å²) >= 11 is 6.18. The van der Waals surface area contributed by atoms with Gasteiger partial charge in [0.15, 0.2) is 11.5 Å². The third-order valence-electron chi connectivity index (χ3n) is 4.51. The molecular formula is C19H17ClN2O4. The summed E-state index contributed by atoms with van der Waals surface area (Å²) in [6, 6.07) is 12.7. The van der Waals surface area contributed by atoms with Crippen LogP contribution in [-0.2, 0) is 16.0 Å². The third kappa shape index (κ3) is 3.20. The molecule has 2 aliphatic heterocycles. The number of hydrogen-bond donors (Lipinski definition) is 0. The van der Waals surface area contributed by atoms with E-state index in [1.807, 2.05) is 30.3 Å². The van der Waals surface area contributed by atoms with Gasteiger partial charge in [-0.15, -0.1) is 0 Å². The fourth-order valence-electron chi connectivity index (χ4n) is 3.15. The van der Waals surface area contributed by atoms with Crippen LogP contribution in [0.25, 0.3) is 0 Å². The van der Waals surface area contributed by atoms with E-state index in [2.05, 4.69) is 0 Å². The van der Waals surface area contributed by atoms with Gasteiger partial charge in [0.1, 0.15) is 6.54 Å². The third-order valence-corrected chi connectivity index (χ3v) is 4.83. The van der Waals surface area contributed by atoms with E-state index < -0.39 is 0 Å². The Hall–Kier alpha value is -2.73. The predicted octanol–water partition coefficient (Wildman–Crippen LogP) is 2.49. The van der Waals surface area contributed by atoms with Crippen LogP contribution in [0, 0.1) is 0 Å². The minimum absolute atomic E-state index is 0.0502. The maximum Gasteiger partial charge on any atom is 0.246 e. The lowest BCUT2D eigenvalue weighted by Crippen LogP contribution is -2.52. The van der Waals surface area contributed by atoms with E-state index in [0.29, 0.717) is 35.3 Å². The highest BCUT2D eigenvalue weighted by molar-refractivity contribution is 6.33. The predicted molar refractivity (Wildman–Crippen MR) is 96.7 cm³/mol. The zero-order valence-electron chi connectivity index (χ0n) is 14.0. The van der Waals surface area contributed by atoms with Gasteiger partial charge in [-0.05, 0) is 29.8 Å². The van der Waals surface area contributed by atoms with Crippen molar-refractivity contribution >= 4 is 29.1 Å². The minimum Gasteiger partial charge on any atom is -0.454 e. The molecule has 2 aromatic carbocycles. The molecule has 4 rings (SSSR count). The number of anilines is 1. The van der Waals surface area contributed by atoms with Crippen molar-refractivity contribution in [2.24, 2.45) is 0 Å². The molecule has 7 heteroatoms. The number of ether oxygens (including phenoxy) is 2. The summed E-state index contributed by atoms with van der Waals surface area (Å²) in [4.78, 5) is 28.3. The Balaban J connectivity index is 1.41. The Labute approximate surface area is 155 Å². The maximum absolute atomic E-state index is 12.6. The molecule has 0 aromatic heterocycles. The molecule has 6 nitrogen and oxygen atoms in total. The first-order chi connectivity index (χ1) is 12.6. The fraction of sp³-hybridized carbons (Fsp3) is 0.263. The van der Waals surface area contributed by atoms with Crippen LogP contribution in [0.3, 0.4) is 0 Å². The van der Waals surface area contributed by atoms with Gasteiger partial charge in [0.25, 0.3) is 0 Å². The molecule has 26 heavy (non-hydrogen) atoms. The number of carbonyl (C=O) groups is 2. The Kier molecular flexibility index (Phi) is 4.42. The zero-order valence-corrected chi connectivity index (χ0v) is 14.7. The molecule has 0 atom stereocenters. The lowest BCUT2D eigenvalue weighted by molar-refractivity contribution is -0.136. The Bertz CT molecular complexity index is 870. The number of para-hydroxylation sites is 1. The molecule has 2 aromatic rings. The zero-order chi connectivity index (χ0) is 18.1. The van der Waals surface area contributed by atoms with E-state index in [9.17, 15) is 9.59 Å². The summed E-state index contributed by atoms with van der Waals surface area (Å²) in [6.07, 6.45) is 0.218. The molecule has 0 bridgehead atoms. The monoisotopic (exact) mass is 372 g/mol. The number of hydrogen-bond acceptors (Lipinski definition) is 4. The van der Waals surface area contributed by atoms with Crippen molar-refractivity contribution < 1.29 is 19.1 Å². The average molecular weight is 373 g/mol. The lowest BCUT2D eigenvalue weighted by atomic mass is 10.1. The molecule has 1 saturated heterocycles. The smallest absolute Gasteiger partial charge is 0.246 e. The van der Waals surface area contributed by atoms with Gasteiger partial charge in [-0.25, -0.2) is 0 Å². The van der Waals surface area contributed by atoms with Crippen LogP contribution >= 0.6 is 11.6 Å². The van der Waals surface area contributed by atoms with E-state index in [-0.39, 0.29) is 31.6 Å². The number of rotatable bonds is 3. The van der Waals surface area contributed by atoms with Crippen molar-refractivity contribution in [3.8, 4) is 11.5 Å². The molecule has 2 amide bonds. The number of fused-ring (bicyclic) bond motifs is 1. The second-order valence-corrected chi connectivity index (χ2v) is 6.58. The van der Waals surface area contributed by atoms with Crippen molar-refractivity contribution in [1.82, 2.24) is 4.90 Å². The Morgan fingerprint density at radius 1 is 1.08 bits per heavy atom. The van der Waals surface area contributed by atoms with Crippen LogP contribution in [0.4, 0.5) is 5.69 Å². The lowest BCUT2D eigenvalue weighted by Gasteiger charge is -2.34. The van der Waals surface area contributed by atoms with Gasteiger partial charge in [-0.2, -0.15) is 0 Å². The molecule has 0 spiro atoms. The summed E-state index contributed by atoms with van der Waals surface area (Å²) in [6.45, 7) is 1.15. The topological polar surface area (TPSA) is 59.1 Å². The summed E-state index contributed by atoms with van der Waals surface area (Å²) in [5.74, 6) is 1.11. The van der Waals surface area contributed by atoms with Gasteiger partial charge in [-0.1, -0.05) is 29.8 Å². The highest BCUT2D eigenvalue weighted by atomic mass is 35.5. The van der Waals surface area contributed by atoms with Gasteiger partial charge >= 0.3 is 0 Å². The first-order valence-electron chi connectivity index (χ1n) is 8.33. The molecular weight excluding hydrogens is 356 g/mol. The van der Waals surface area contributed by atoms with Crippen molar-refractivity contribution in [3.63, 3.8) is 0 Å². The summed E-state index contributed by atoms with van der Waals surface area (Å²) < 4.78 is 10.6. The molecule has 0 aliphatic carbocycles. The summed E-state index contributed by atoms with van der Waals surface area (Å²) in [7, 11) is 0. The Morgan fingerprint density at radius 2 is 1.88 bits per heavy atom. The molecule has 134 valence electrons. The Morgan fingerprint density at radius 3 is 2.69 bits per heavy atom. The average Bonchev–Trinajstić information content (AvgIpc) is 3.10. The fourth-order valence-corrected chi connectivity index (χ4v) is 3.39. The van der Waals surface area contributed by atoms with Crippen molar-refractivity contribution in [1.29, 1.82) is 0 Å². The van der Waals surface area contributed by atoms with Crippen molar-refractivity contribution in [2.45, 2.75) is 6.42 Å². The number of amides is 2. The molecule has 2 heterocycles. The highest BCUT2D eigenvalue weighted by Gasteiger charge is 2.29. The number of piperazine rings is 1. The molecule has 0 radical (unpaired) electrons. The quantitative estimate of drug-likeness (QED) is 0.830. The summed E-state index contributed by atoms with van der Waals surface area (Å²) in [5, 5.41) is 0.529. The second kappa shape index (κ2) is 6.88. The maximum atomic E-state index is 12.6. The minimum atomic E-state index is -0.136. The largest absolute Gasteiger partial charge is 0.454 e. The SMILES string of the molecule is O=C(Cc1ccc2c(c1)OCO2)N1CCN(c2ccccc2Cl)C(=O)C1. The van der Waals surface area contributed by atoms with Gasteiger partial charge in [0.05, 0.1) is 17.1 Å². The van der Waals surface area contributed by atoms with E-state index in [0.717, 1.165) is 5.56 Å². The van der Waals surface area contributed by atoms with Gasteiger partial charge < -0.3 is 19.3 Å². The number of carbonyl (C=O) groups excluding carboxylic acids is 2. The van der Waals surface area contributed by atoms with Gasteiger partial charge in [-0.3, -0.25) is 9.59 Å². The van der Waals surface area contributed by atoms with Crippen LogP contribution in [0.1, 0.15) is 5.56 Å². The van der Waals surface area contributed by atoms with Crippen LogP contribution in [0.5, 0.6) is 11.5 Å². The van der Waals surface area contributed by atoms with E-state index >= 15 is 0 Å². The highest BCUT2D eigenvalue weighted by Crippen LogP contribution is 2.33. The molecule has 0 N–H and O–H groups in total. The van der Waals surface area contributed by atoms with E-state index in [1.165, 1.54) is 0 Å². The second-order valence-electron chi connectivity index (χ2n) is 6.18. The van der Waals surface area contributed by atoms with E-state index in [1.54, 1.807) is 21.9 Å². The first kappa shape index (κ1) is 16.7.